The molecule has 0 unspecified atom stereocenters. The number of rotatable bonds is 2. The van der Waals surface area contributed by atoms with Gasteiger partial charge in [-0.15, -0.1) is 0 Å². The van der Waals surface area contributed by atoms with E-state index in [4.69, 9.17) is 4.74 Å². The molecule has 0 aromatic heterocycles. The molecule has 1 aliphatic heterocycles. The molecule has 0 bridgehead atoms. The number of nitrogens with zero attached hydrogens (tertiary/aromatic N) is 1. The summed E-state index contributed by atoms with van der Waals surface area (Å²) >= 11 is 0. The van der Waals surface area contributed by atoms with Gasteiger partial charge >= 0.3 is 0 Å². The van der Waals surface area contributed by atoms with Crippen LogP contribution in [0.1, 0.15) is 17.5 Å². The van der Waals surface area contributed by atoms with Crippen LogP contribution in [0.2, 0.25) is 0 Å². The fourth-order valence-electron chi connectivity index (χ4n) is 2.94. The predicted molar refractivity (Wildman–Crippen MR) is 81.7 cm³/mol. The minimum Gasteiger partial charge on any atom is -0.364 e. The number of benzene rings is 2. The number of likely N-dealkylation sites (N-methyl/N-ethyl adjacent to an activating group) is 1. The van der Waals surface area contributed by atoms with Crippen molar-refractivity contribution in [2.45, 2.75) is 12.0 Å². The highest BCUT2D eigenvalue weighted by Gasteiger charge is 2.36. The lowest BCUT2D eigenvalue weighted by Gasteiger charge is -2.33. The zero-order chi connectivity index (χ0) is 13.8. The summed E-state index contributed by atoms with van der Waals surface area (Å²) < 4.78 is 6.39. The lowest BCUT2D eigenvalue weighted by atomic mass is 9.83. The maximum Gasteiger partial charge on any atom is 0.119 e. The predicted octanol–water partition coefficient (Wildman–Crippen LogP) is 3.28. The number of hydrogen-bond acceptors (Lipinski definition) is 2. The van der Waals surface area contributed by atoms with Crippen LogP contribution >= 0.6 is 0 Å². The molecule has 0 atom stereocenters. The van der Waals surface area contributed by atoms with Crippen molar-refractivity contribution in [2.24, 2.45) is 0 Å². The van der Waals surface area contributed by atoms with Crippen LogP contribution in [0.4, 0.5) is 0 Å². The van der Waals surface area contributed by atoms with Gasteiger partial charge in [-0.3, -0.25) is 0 Å². The summed E-state index contributed by atoms with van der Waals surface area (Å²) in [6.07, 6.45) is 0.984. The third kappa shape index (κ3) is 2.49. The maximum atomic E-state index is 6.39. The molecule has 2 nitrogen and oxygen atoms in total. The van der Waals surface area contributed by atoms with Crippen molar-refractivity contribution in [2.75, 3.05) is 26.7 Å². The molecule has 0 aliphatic carbocycles. The first kappa shape index (κ1) is 13.3. The second-order valence-electron chi connectivity index (χ2n) is 5.46. The monoisotopic (exact) mass is 267 g/mol. The van der Waals surface area contributed by atoms with Crippen LogP contribution in [0.25, 0.3) is 0 Å². The summed E-state index contributed by atoms with van der Waals surface area (Å²) in [6, 6.07) is 21.2. The molecule has 1 aliphatic rings. The van der Waals surface area contributed by atoms with Crippen molar-refractivity contribution in [3.63, 3.8) is 0 Å². The van der Waals surface area contributed by atoms with Gasteiger partial charge in [0.15, 0.2) is 0 Å². The zero-order valence-corrected chi connectivity index (χ0v) is 12.0. The fraction of sp³-hybridized carbons (Fsp3) is 0.333. The molecule has 2 heteroatoms. The molecule has 1 saturated heterocycles. The molecule has 3 rings (SSSR count). The Morgan fingerprint density at radius 1 is 0.850 bits per heavy atom. The second kappa shape index (κ2) is 5.78. The van der Waals surface area contributed by atoms with Crippen molar-refractivity contribution in [1.82, 2.24) is 4.90 Å². The van der Waals surface area contributed by atoms with Crippen molar-refractivity contribution >= 4 is 0 Å². The van der Waals surface area contributed by atoms with Gasteiger partial charge in [-0.25, -0.2) is 0 Å². The highest BCUT2D eigenvalue weighted by Crippen LogP contribution is 2.38. The Bertz CT molecular complexity index is 498. The maximum absolute atomic E-state index is 6.39. The quantitative estimate of drug-likeness (QED) is 0.828. The molecule has 2 aromatic rings. The normalized spacial score (nSPS) is 19.4. The summed E-state index contributed by atoms with van der Waals surface area (Å²) in [5, 5.41) is 0. The van der Waals surface area contributed by atoms with Gasteiger partial charge < -0.3 is 9.64 Å². The van der Waals surface area contributed by atoms with E-state index in [0.29, 0.717) is 0 Å². The van der Waals surface area contributed by atoms with Crippen LogP contribution in [-0.4, -0.2) is 31.6 Å². The van der Waals surface area contributed by atoms with E-state index in [1.54, 1.807) is 0 Å². The van der Waals surface area contributed by atoms with Gasteiger partial charge in [-0.2, -0.15) is 0 Å². The molecule has 1 fully saturated rings. The van der Waals surface area contributed by atoms with E-state index in [1.165, 1.54) is 11.1 Å². The van der Waals surface area contributed by atoms with E-state index < -0.39 is 0 Å². The summed E-state index contributed by atoms with van der Waals surface area (Å²) in [5.74, 6) is 0. The van der Waals surface area contributed by atoms with Gasteiger partial charge in [0, 0.05) is 13.1 Å². The van der Waals surface area contributed by atoms with Gasteiger partial charge in [0.05, 0.1) is 6.61 Å². The van der Waals surface area contributed by atoms with Gasteiger partial charge in [0.25, 0.3) is 0 Å². The van der Waals surface area contributed by atoms with Crippen molar-refractivity contribution in [3.05, 3.63) is 71.8 Å². The molecule has 0 N–H and O–H groups in total. The molecule has 0 spiro atoms. The Labute approximate surface area is 121 Å². The molecule has 2 aromatic carbocycles. The van der Waals surface area contributed by atoms with Crippen LogP contribution in [0.15, 0.2) is 60.7 Å². The zero-order valence-electron chi connectivity index (χ0n) is 12.0. The first-order valence-electron chi connectivity index (χ1n) is 7.25. The lowest BCUT2D eigenvalue weighted by molar-refractivity contribution is -0.00993. The summed E-state index contributed by atoms with van der Waals surface area (Å²) in [5.41, 5.74) is 2.19. The summed E-state index contributed by atoms with van der Waals surface area (Å²) in [6.45, 7) is 2.80. The highest BCUT2D eigenvalue weighted by molar-refractivity contribution is 5.36. The van der Waals surface area contributed by atoms with E-state index in [-0.39, 0.29) is 5.60 Å². The van der Waals surface area contributed by atoms with Crippen LogP contribution in [0.3, 0.4) is 0 Å². The molecule has 104 valence electrons. The molecular formula is C18H21NO. The number of hydrogen-bond donors (Lipinski definition) is 0. The van der Waals surface area contributed by atoms with E-state index >= 15 is 0 Å². The largest absolute Gasteiger partial charge is 0.364 e. The minimum absolute atomic E-state index is 0.312. The van der Waals surface area contributed by atoms with Crippen LogP contribution in [0, 0.1) is 0 Å². The fourth-order valence-corrected chi connectivity index (χ4v) is 2.94. The Balaban J connectivity index is 2.08. The third-order valence-electron chi connectivity index (χ3n) is 4.15. The summed E-state index contributed by atoms with van der Waals surface area (Å²) in [4.78, 5) is 2.34. The third-order valence-corrected chi connectivity index (χ3v) is 4.15. The Kier molecular flexibility index (Phi) is 3.86. The van der Waals surface area contributed by atoms with Crippen LogP contribution in [0.5, 0.6) is 0 Å². The first-order chi connectivity index (χ1) is 9.81. The van der Waals surface area contributed by atoms with Gasteiger partial charge in [0.1, 0.15) is 5.60 Å². The van der Waals surface area contributed by atoms with E-state index in [2.05, 4.69) is 72.6 Å². The van der Waals surface area contributed by atoms with Crippen LogP contribution < -0.4 is 0 Å². The highest BCUT2D eigenvalue weighted by atomic mass is 16.5. The number of ether oxygens (including phenoxy) is 1. The minimum atomic E-state index is -0.312. The van der Waals surface area contributed by atoms with Gasteiger partial charge in [0.2, 0.25) is 0 Å². The molecule has 20 heavy (non-hydrogen) atoms. The SMILES string of the molecule is CN1CCOC(c2ccccc2)(c2ccccc2)CC1. The van der Waals surface area contributed by atoms with Crippen molar-refractivity contribution in [1.29, 1.82) is 0 Å². The van der Waals surface area contributed by atoms with Gasteiger partial charge in [-0.1, -0.05) is 60.7 Å². The van der Waals surface area contributed by atoms with E-state index in [9.17, 15) is 0 Å². The Hall–Kier alpha value is -1.64. The van der Waals surface area contributed by atoms with Crippen molar-refractivity contribution < 1.29 is 4.74 Å². The van der Waals surface area contributed by atoms with E-state index in [1.807, 2.05) is 0 Å². The Morgan fingerprint density at radius 2 is 1.40 bits per heavy atom. The average molecular weight is 267 g/mol. The average Bonchev–Trinajstić information content (AvgIpc) is 2.72. The topological polar surface area (TPSA) is 12.5 Å². The van der Waals surface area contributed by atoms with E-state index in [0.717, 1.165) is 26.1 Å². The van der Waals surface area contributed by atoms with Gasteiger partial charge in [-0.05, 0) is 24.6 Å². The van der Waals surface area contributed by atoms with Crippen LogP contribution in [-0.2, 0) is 10.3 Å². The molecule has 0 saturated carbocycles. The van der Waals surface area contributed by atoms with Crippen molar-refractivity contribution in [3.8, 4) is 0 Å². The molecule has 0 radical (unpaired) electrons. The standard InChI is InChI=1S/C18H21NO/c1-19-13-12-18(20-15-14-19,16-8-4-2-5-9-16)17-10-6-3-7-11-17/h2-11H,12-15H2,1H3. The smallest absolute Gasteiger partial charge is 0.119 e. The molecule has 1 heterocycles. The first-order valence-corrected chi connectivity index (χ1v) is 7.25. The second-order valence-corrected chi connectivity index (χ2v) is 5.46. The lowest BCUT2D eigenvalue weighted by Crippen LogP contribution is -2.32. The molecule has 0 amide bonds. The molecular weight excluding hydrogens is 246 g/mol. The Morgan fingerprint density at radius 3 is 1.95 bits per heavy atom. The summed E-state index contributed by atoms with van der Waals surface area (Å²) in [7, 11) is 2.16.